The van der Waals surface area contributed by atoms with Gasteiger partial charge in [-0.1, -0.05) is 18.2 Å². The highest BCUT2D eigenvalue weighted by Crippen LogP contribution is 2.22. The summed E-state index contributed by atoms with van der Waals surface area (Å²) in [6.07, 6.45) is 1.44. The van der Waals surface area contributed by atoms with Crippen LogP contribution in [0, 0.1) is 13.8 Å². The first-order valence-electron chi connectivity index (χ1n) is 10.6. The predicted octanol–water partition coefficient (Wildman–Crippen LogP) is 1.94. The molecule has 0 radical (unpaired) electrons. The summed E-state index contributed by atoms with van der Waals surface area (Å²) in [5.74, 6) is -0.292. The Hall–Kier alpha value is -3.50. The fourth-order valence-electron chi connectivity index (χ4n) is 4.16. The van der Waals surface area contributed by atoms with Crippen molar-refractivity contribution in [3.8, 4) is 0 Å². The number of para-hydroxylation sites is 1. The van der Waals surface area contributed by atoms with Gasteiger partial charge in [0.05, 0.1) is 22.0 Å². The van der Waals surface area contributed by atoms with Crippen LogP contribution >= 0.6 is 0 Å². The van der Waals surface area contributed by atoms with Crippen LogP contribution in [-0.4, -0.2) is 64.3 Å². The summed E-state index contributed by atoms with van der Waals surface area (Å²) in [5.41, 5.74) is 2.87. The van der Waals surface area contributed by atoms with Gasteiger partial charge >= 0.3 is 0 Å². The molecule has 33 heavy (non-hydrogen) atoms. The number of carbonyl (C=O) groups is 1. The lowest BCUT2D eigenvalue weighted by molar-refractivity contribution is 0.0699. The normalized spacial score (nSPS) is 15.4. The minimum absolute atomic E-state index is 0.194. The molecule has 170 valence electrons. The van der Waals surface area contributed by atoms with Gasteiger partial charge < -0.3 is 9.88 Å². The van der Waals surface area contributed by atoms with Gasteiger partial charge in [0.25, 0.3) is 11.5 Å². The average molecular weight is 466 g/mol. The minimum Gasteiger partial charge on any atom is -0.336 e. The Morgan fingerprint density at radius 2 is 1.73 bits per heavy atom. The zero-order valence-corrected chi connectivity index (χ0v) is 19.1. The van der Waals surface area contributed by atoms with Gasteiger partial charge in [-0.05, 0) is 49.2 Å². The summed E-state index contributed by atoms with van der Waals surface area (Å²) in [6.45, 7) is 4.71. The molecule has 10 heteroatoms. The number of rotatable bonds is 3. The second-order valence-electron chi connectivity index (χ2n) is 8.23. The fourth-order valence-corrected chi connectivity index (χ4v) is 5.67. The van der Waals surface area contributed by atoms with Crippen LogP contribution in [-0.2, 0) is 10.0 Å². The van der Waals surface area contributed by atoms with Crippen molar-refractivity contribution in [2.45, 2.75) is 18.7 Å². The number of piperazine rings is 1. The first-order valence-corrected chi connectivity index (χ1v) is 12.1. The maximum atomic E-state index is 13.2. The summed E-state index contributed by atoms with van der Waals surface area (Å²) in [5, 5.41) is 4.79. The second-order valence-corrected chi connectivity index (χ2v) is 10.2. The van der Waals surface area contributed by atoms with Crippen molar-refractivity contribution in [1.82, 2.24) is 23.8 Å². The van der Waals surface area contributed by atoms with E-state index in [0.29, 0.717) is 16.6 Å². The topological polar surface area (TPSA) is 108 Å². The molecule has 5 rings (SSSR count). The Morgan fingerprint density at radius 3 is 2.45 bits per heavy atom. The van der Waals surface area contributed by atoms with Gasteiger partial charge in [0, 0.05) is 26.2 Å². The predicted molar refractivity (Wildman–Crippen MR) is 124 cm³/mol. The molecule has 0 atom stereocenters. The highest BCUT2D eigenvalue weighted by Gasteiger charge is 2.31. The van der Waals surface area contributed by atoms with Gasteiger partial charge in [0.1, 0.15) is 11.2 Å². The summed E-state index contributed by atoms with van der Waals surface area (Å²) < 4.78 is 29.1. The van der Waals surface area contributed by atoms with Crippen LogP contribution in [0.1, 0.15) is 21.5 Å². The SMILES string of the molecule is Cc1ccc(S(=O)(=O)N2CCN(C(=O)c3cnn4c3[nH]c(=O)c3ccccc34)CC2)cc1C. The number of nitrogens with one attached hydrogen (secondary N) is 1. The Morgan fingerprint density at radius 1 is 1.00 bits per heavy atom. The maximum absolute atomic E-state index is 13.2. The monoisotopic (exact) mass is 465 g/mol. The van der Waals surface area contributed by atoms with Gasteiger partial charge in [0.15, 0.2) is 0 Å². The van der Waals surface area contributed by atoms with Crippen molar-refractivity contribution in [1.29, 1.82) is 0 Å². The van der Waals surface area contributed by atoms with E-state index < -0.39 is 10.0 Å². The molecule has 1 fully saturated rings. The van der Waals surface area contributed by atoms with Gasteiger partial charge in [-0.15, -0.1) is 0 Å². The van der Waals surface area contributed by atoms with E-state index in [0.717, 1.165) is 11.1 Å². The van der Waals surface area contributed by atoms with Crippen molar-refractivity contribution in [3.63, 3.8) is 0 Å². The van der Waals surface area contributed by atoms with Crippen LogP contribution in [0.5, 0.6) is 0 Å². The number of aryl methyl sites for hydroxylation is 2. The average Bonchev–Trinajstić information content (AvgIpc) is 3.24. The quantitative estimate of drug-likeness (QED) is 0.498. The third-order valence-electron chi connectivity index (χ3n) is 6.25. The van der Waals surface area contributed by atoms with Gasteiger partial charge in [-0.3, -0.25) is 9.59 Å². The lowest BCUT2D eigenvalue weighted by Crippen LogP contribution is -2.50. The molecule has 3 heterocycles. The number of benzene rings is 2. The minimum atomic E-state index is -3.64. The number of fused-ring (bicyclic) bond motifs is 3. The number of aromatic nitrogens is 3. The van der Waals surface area contributed by atoms with E-state index in [2.05, 4.69) is 10.1 Å². The number of amides is 1. The number of carbonyl (C=O) groups excluding carboxylic acids is 1. The molecule has 1 aliphatic heterocycles. The van der Waals surface area contributed by atoms with Crippen LogP contribution in [0.15, 0.2) is 58.4 Å². The molecule has 1 saturated heterocycles. The number of sulfonamides is 1. The summed E-state index contributed by atoms with van der Waals surface area (Å²) >= 11 is 0. The highest BCUT2D eigenvalue weighted by molar-refractivity contribution is 7.89. The maximum Gasteiger partial charge on any atom is 0.259 e. The van der Waals surface area contributed by atoms with Crippen LogP contribution in [0.3, 0.4) is 0 Å². The van der Waals surface area contributed by atoms with E-state index in [1.54, 1.807) is 51.9 Å². The number of nitrogens with zero attached hydrogens (tertiary/aromatic N) is 4. The molecule has 9 nitrogen and oxygen atoms in total. The molecule has 2 aromatic carbocycles. The number of hydrogen-bond donors (Lipinski definition) is 1. The molecule has 4 aromatic rings. The molecule has 1 aliphatic rings. The molecule has 0 bridgehead atoms. The van der Waals surface area contributed by atoms with Crippen LogP contribution in [0.2, 0.25) is 0 Å². The van der Waals surface area contributed by atoms with Crippen molar-refractivity contribution in [3.05, 3.63) is 75.7 Å². The largest absolute Gasteiger partial charge is 0.336 e. The molecular formula is C23H23N5O4S. The smallest absolute Gasteiger partial charge is 0.259 e. The Labute approximate surface area is 190 Å². The Kier molecular flexibility index (Phi) is 5.06. The lowest BCUT2D eigenvalue weighted by atomic mass is 10.1. The first-order chi connectivity index (χ1) is 15.8. The number of H-pyrrole nitrogens is 1. The van der Waals surface area contributed by atoms with Gasteiger partial charge in [-0.25, -0.2) is 12.9 Å². The standard InChI is InChI=1S/C23H23N5O4S/c1-15-7-8-17(13-16(15)2)33(31,32)27-11-9-26(10-12-27)23(30)19-14-24-28-20-6-4-3-5-18(20)22(29)25-21(19)28/h3-8,13-14H,9-12H2,1-2H3,(H,25,29). The van der Waals surface area contributed by atoms with Gasteiger partial charge in [0.2, 0.25) is 10.0 Å². The molecule has 1 amide bonds. The Bertz CT molecular complexity index is 1560. The van der Waals surface area contributed by atoms with Crippen LogP contribution in [0.4, 0.5) is 0 Å². The van der Waals surface area contributed by atoms with Crippen LogP contribution in [0.25, 0.3) is 16.6 Å². The molecule has 1 N–H and O–H groups in total. The molecular weight excluding hydrogens is 442 g/mol. The zero-order chi connectivity index (χ0) is 23.3. The summed E-state index contributed by atoms with van der Waals surface area (Å²) in [6, 6.07) is 12.2. The van der Waals surface area contributed by atoms with E-state index in [1.807, 2.05) is 13.8 Å². The van der Waals surface area contributed by atoms with Crippen molar-refractivity contribution >= 4 is 32.5 Å². The lowest BCUT2D eigenvalue weighted by Gasteiger charge is -2.34. The number of hydrogen-bond acceptors (Lipinski definition) is 5. The fraction of sp³-hybridized carbons (Fsp3) is 0.261. The molecule has 0 saturated carbocycles. The Balaban J connectivity index is 1.38. The highest BCUT2D eigenvalue weighted by atomic mass is 32.2. The second kappa shape index (κ2) is 7.82. The summed E-state index contributed by atoms with van der Waals surface area (Å²) in [7, 11) is -3.64. The molecule has 0 spiro atoms. The van der Waals surface area contributed by atoms with Crippen molar-refractivity contribution in [2.75, 3.05) is 26.2 Å². The van der Waals surface area contributed by atoms with Crippen molar-refractivity contribution in [2.24, 2.45) is 0 Å². The first kappa shape index (κ1) is 21.4. The van der Waals surface area contributed by atoms with E-state index in [-0.39, 0.29) is 48.1 Å². The number of aromatic amines is 1. The molecule has 0 aliphatic carbocycles. The zero-order valence-electron chi connectivity index (χ0n) is 18.3. The molecule has 0 unspecified atom stereocenters. The van der Waals surface area contributed by atoms with E-state index in [1.165, 1.54) is 10.5 Å². The van der Waals surface area contributed by atoms with E-state index >= 15 is 0 Å². The molecule has 2 aromatic heterocycles. The van der Waals surface area contributed by atoms with Gasteiger partial charge in [-0.2, -0.15) is 9.40 Å². The third kappa shape index (κ3) is 3.51. The van der Waals surface area contributed by atoms with E-state index in [9.17, 15) is 18.0 Å². The summed E-state index contributed by atoms with van der Waals surface area (Å²) in [4.78, 5) is 30.3. The van der Waals surface area contributed by atoms with Crippen molar-refractivity contribution < 1.29 is 13.2 Å². The van der Waals surface area contributed by atoms with Crippen LogP contribution < -0.4 is 5.56 Å². The third-order valence-corrected chi connectivity index (χ3v) is 8.15. The van der Waals surface area contributed by atoms with E-state index in [4.69, 9.17) is 0 Å².